The number of rotatable bonds is 5. The van der Waals surface area contributed by atoms with Gasteiger partial charge in [-0.25, -0.2) is 4.98 Å². The summed E-state index contributed by atoms with van der Waals surface area (Å²) in [5.74, 6) is 1.44. The van der Waals surface area contributed by atoms with Crippen molar-refractivity contribution in [1.82, 2.24) is 4.98 Å². The highest BCUT2D eigenvalue weighted by Gasteiger charge is 1.99. The molecule has 0 aliphatic carbocycles. The van der Waals surface area contributed by atoms with Gasteiger partial charge >= 0.3 is 0 Å². The Morgan fingerprint density at radius 1 is 1.15 bits per heavy atom. The van der Waals surface area contributed by atoms with Crippen LogP contribution in [0.1, 0.15) is 13.8 Å². The lowest BCUT2D eigenvalue weighted by Crippen LogP contribution is -2.06. The van der Waals surface area contributed by atoms with Crippen molar-refractivity contribution in [3.8, 4) is 5.75 Å². The Hall–Kier alpha value is -2.56. The van der Waals surface area contributed by atoms with E-state index in [2.05, 4.69) is 15.6 Å². The Labute approximate surface area is 118 Å². The summed E-state index contributed by atoms with van der Waals surface area (Å²) in [5.41, 5.74) is 1.60. The van der Waals surface area contributed by atoms with E-state index in [1.807, 2.05) is 37.3 Å². The highest BCUT2D eigenvalue weighted by Crippen LogP contribution is 2.19. The monoisotopic (exact) mass is 271 g/mol. The first-order chi connectivity index (χ1) is 9.67. The van der Waals surface area contributed by atoms with Crippen molar-refractivity contribution in [2.75, 3.05) is 17.2 Å². The fourth-order valence-corrected chi connectivity index (χ4v) is 1.69. The molecule has 2 N–H and O–H groups in total. The van der Waals surface area contributed by atoms with Gasteiger partial charge in [0.25, 0.3) is 0 Å². The summed E-state index contributed by atoms with van der Waals surface area (Å²) in [7, 11) is 0. The Balaban J connectivity index is 2.00. The first kappa shape index (κ1) is 13.9. The Morgan fingerprint density at radius 3 is 2.40 bits per heavy atom. The predicted molar refractivity (Wildman–Crippen MR) is 79.4 cm³/mol. The molecule has 0 aliphatic rings. The van der Waals surface area contributed by atoms with Crippen molar-refractivity contribution in [2.24, 2.45) is 0 Å². The minimum Gasteiger partial charge on any atom is -0.494 e. The van der Waals surface area contributed by atoms with Crippen LogP contribution in [0.4, 0.5) is 17.2 Å². The molecule has 0 radical (unpaired) electrons. The average molecular weight is 271 g/mol. The normalized spacial score (nSPS) is 9.90. The van der Waals surface area contributed by atoms with Crippen LogP contribution >= 0.6 is 0 Å². The van der Waals surface area contributed by atoms with Gasteiger partial charge in [0.1, 0.15) is 11.6 Å². The molecule has 2 aromatic rings. The number of hydrogen-bond donors (Lipinski definition) is 2. The number of anilines is 3. The third kappa shape index (κ3) is 3.98. The number of nitrogens with zero attached hydrogens (tertiary/aromatic N) is 1. The zero-order chi connectivity index (χ0) is 14.4. The molecule has 5 nitrogen and oxygen atoms in total. The molecule has 20 heavy (non-hydrogen) atoms. The zero-order valence-corrected chi connectivity index (χ0v) is 11.5. The maximum Gasteiger partial charge on any atom is 0.221 e. The fourth-order valence-electron chi connectivity index (χ4n) is 1.69. The highest BCUT2D eigenvalue weighted by atomic mass is 16.5. The quantitative estimate of drug-likeness (QED) is 0.876. The summed E-state index contributed by atoms with van der Waals surface area (Å²) in [6.07, 6.45) is 1.61. The molecule has 104 valence electrons. The number of carbonyl (C=O) groups is 1. The number of aromatic nitrogens is 1. The van der Waals surface area contributed by atoms with E-state index in [1.165, 1.54) is 6.92 Å². The highest BCUT2D eigenvalue weighted by molar-refractivity contribution is 5.88. The Kier molecular flexibility index (Phi) is 4.55. The van der Waals surface area contributed by atoms with Crippen molar-refractivity contribution in [3.63, 3.8) is 0 Å². The van der Waals surface area contributed by atoms with Gasteiger partial charge < -0.3 is 15.4 Å². The van der Waals surface area contributed by atoms with E-state index in [4.69, 9.17) is 4.74 Å². The molecule has 1 heterocycles. The molecule has 0 atom stereocenters. The summed E-state index contributed by atoms with van der Waals surface area (Å²) in [5, 5.41) is 5.85. The van der Waals surface area contributed by atoms with Crippen LogP contribution in [0.25, 0.3) is 0 Å². The minimum atomic E-state index is -0.112. The summed E-state index contributed by atoms with van der Waals surface area (Å²) >= 11 is 0. The van der Waals surface area contributed by atoms with Crippen LogP contribution in [0.3, 0.4) is 0 Å². The van der Waals surface area contributed by atoms with Crippen LogP contribution in [0.15, 0.2) is 42.6 Å². The fraction of sp³-hybridized carbons (Fsp3) is 0.200. The number of benzene rings is 1. The molecule has 0 spiro atoms. The molecule has 0 saturated heterocycles. The molecule has 1 aromatic heterocycles. The lowest BCUT2D eigenvalue weighted by Gasteiger charge is -2.08. The molecule has 1 amide bonds. The second kappa shape index (κ2) is 6.56. The number of amides is 1. The van der Waals surface area contributed by atoms with Crippen molar-refractivity contribution in [2.45, 2.75) is 13.8 Å². The third-order valence-electron chi connectivity index (χ3n) is 2.52. The van der Waals surface area contributed by atoms with E-state index in [0.29, 0.717) is 18.1 Å². The Bertz CT molecular complexity index is 565. The largest absolute Gasteiger partial charge is 0.494 e. The lowest BCUT2D eigenvalue weighted by molar-refractivity contribution is -0.114. The van der Waals surface area contributed by atoms with Crippen molar-refractivity contribution in [1.29, 1.82) is 0 Å². The zero-order valence-electron chi connectivity index (χ0n) is 11.5. The Morgan fingerprint density at radius 2 is 1.85 bits per heavy atom. The first-order valence-electron chi connectivity index (χ1n) is 6.41. The second-order valence-electron chi connectivity index (χ2n) is 4.20. The van der Waals surface area contributed by atoms with Gasteiger partial charge in [-0.3, -0.25) is 4.79 Å². The van der Waals surface area contributed by atoms with E-state index >= 15 is 0 Å². The molecular weight excluding hydrogens is 254 g/mol. The van der Waals surface area contributed by atoms with Gasteiger partial charge in [-0.2, -0.15) is 0 Å². The van der Waals surface area contributed by atoms with Crippen LogP contribution in [0.2, 0.25) is 0 Å². The molecule has 0 bridgehead atoms. The molecule has 0 aliphatic heterocycles. The third-order valence-corrected chi connectivity index (χ3v) is 2.52. The van der Waals surface area contributed by atoms with Gasteiger partial charge in [-0.15, -0.1) is 0 Å². The van der Waals surface area contributed by atoms with Gasteiger partial charge in [0, 0.05) is 12.6 Å². The van der Waals surface area contributed by atoms with Gasteiger partial charge in [0.05, 0.1) is 18.5 Å². The predicted octanol–water partition coefficient (Wildman–Crippen LogP) is 3.18. The maximum atomic E-state index is 10.9. The number of ether oxygens (including phenoxy) is 1. The van der Waals surface area contributed by atoms with Crippen LogP contribution in [-0.2, 0) is 4.79 Å². The van der Waals surface area contributed by atoms with Crippen LogP contribution < -0.4 is 15.4 Å². The van der Waals surface area contributed by atoms with Gasteiger partial charge in [-0.1, -0.05) is 0 Å². The lowest BCUT2D eigenvalue weighted by atomic mass is 10.3. The molecule has 5 heteroatoms. The number of nitrogens with one attached hydrogen (secondary N) is 2. The van der Waals surface area contributed by atoms with Gasteiger partial charge in [0.2, 0.25) is 5.91 Å². The topological polar surface area (TPSA) is 63.2 Å². The van der Waals surface area contributed by atoms with E-state index in [9.17, 15) is 4.79 Å². The molecular formula is C15H17N3O2. The van der Waals surface area contributed by atoms with Crippen molar-refractivity contribution < 1.29 is 9.53 Å². The van der Waals surface area contributed by atoms with Crippen LogP contribution in [-0.4, -0.2) is 17.5 Å². The summed E-state index contributed by atoms with van der Waals surface area (Å²) in [4.78, 5) is 15.1. The van der Waals surface area contributed by atoms with E-state index in [-0.39, 0.29) is 5.91 Å². The first-order valence-corrected chi connectivity index (χ1v) is 6.41. The summed E-state index contributed by atoms with van der Waals surface area (Å²) in [6, 6.07) is 11.3. The summed E-state index contributed by atoms with van der Waals surface area (Å²) < 4.78 is 5.38. The van der Waals surface area contributed by atoms with Gasteiger partial charge in [0.15, 0.2) is 0 Å². The second-order valence-corrected chi connectivity index (χ2v) is 4.20. The SMILES string of the molecule is CCOc1ccc(Nc2ccc(NC(C)=O)cn2)cc1. The molecule has 0 fully saturated rings. The number of hydrogen-bond acceptors (Lipinski definition) is 4. The van der Waals surface area contributed by atoms with Crippen molar-refractivity contribution in [3.05, 3.63) is 42.6 Å². The average Bonchev–Trinajstić information content (AvgIpc) is 2.43. The summed E-state index contributed by atoms with van der Waals surface area (Å²) in [6.45, 7) is 4.07. The number of pyridine rings is 1. The van der Waals surface area contributed by atoms with Crippen molar-refractivity contribution >= 4 is 23.1 Å². The molecule has 0 unspecified atom stereocenters. The molecule has 0 saturated carbocycles. The standard InChI is InChI=1S/C15H17N3O2/c1-3-20-14-7-4-12(5-8-14)18-15-9-6-13(10-16-15)17-11(2)19/h4-10H,3H2,1-2H3,(H,16,18)(H,17,19). The molecule has 2 rings (SSSR count). The maximum absolute atomic E-state index is 10.9. The van der Waals surface area contributed by atoms with E-state index < -0.39 is 0 Å². The van der Waals surface area contributed by atoms with Crippen LogP contribution in [0, 0.1) is 0 Å². The van der Waals surface area contributed by atoms with E-state index in [0.717, 1.165) is 11.4 Å². The van der Waals surface area contributed by atoms with E-state index in [1.54, 1.807) is 12.3 Å². The molecule has 1 aromatic carbocycles. The van der Waals surface area contributed by atoms with Crippen LogP contribution in [0.5, 0.6) is 5.75 Å². The van der Waals surface area contributed by atoms with Gasteiger partial charge in [-0.05, 0) is 43.3 Å². The smallest absolute Gasteiger partial charge is 0.221 e. The number of carbonyl (C=O) groups excluding carboxylic acids is 1. The minimum absolute atomic E-state index is 0.112.